The van der Waals surface area contributed by atoms with Crippen LogP contribution in [0.4, 0.5) is 0 Å². The first-order valence-electron chi connectivity index (χ1n) is 8.45. The molecule has 25 heavy (non-hydrogen) atoms. The fourth-order valence-electron chi connectivity index (χ4n) is 2.41. The van der Waals surface area contributed by atoms with Crippen LogP contribution in [0.1, 0.15) is 34.2 Å². The van der Waals surface area contributed by atoms with Crippen molar-refractivity contribution >= 4 is 41.3 Å². The average Bonchev–Trinajstić information content (AvgIpc) is 3.11. The summed E-state index contributed by atoms with van der Waals surface area (Å²) >= 11 is 1.78. The SMILES string of the molecule is CN=C(NCCCCn1ccnc1C)NCCc1nc(C)c(C)s1.I. The Kier molecular flexibility index (Phi) is 10.0. The molecule has 0 aliphatic carbocycles. The Morgan fingerprint density at radius 2 is 1.96 bits per heavy atom. The second-order valence-electron chi connectivity index (χ2n) is 5.80. The summed E-state index contributed by atoms with van der Waals surface area (Å²) in [6.45, 7) is 9.01. The number of aromatic nitrogens is 3. The lowest BCUT2D eigenvalue weighted by molar-refractivity contribution is 0.588. The van der Waals surface area contributed by atoms with Crippen LogP contribution < -0.4 is 10.6 Å². The van der Waals surface area contributed by atoms with Crippen LogP contribution in [0.5, 0.6) is 0 Å². The van der Waals surface area contributed by atoms with Gasteiger partial charge in [-0.15, -0.1) is 35.3 Å². The number of aryl methyl sites for hydroxylation is 4. The van der Waals surface area contributed by atoms with Crippen molar-refractivity contribution in [2.75, 3.05) is 20.1 Å². The van der Waals surface area contributed by atoms with Crippen molar-refractivity contribution in [3.63, 3.8) is 0 Å². The topological polar surface area (TPSA) is 67.1 Å². The number of unbranched alkanes of at least 4 members (excludes halogenated alkanes) is 1. The van der Waals surface area contributed by atoms with Gasteiger partial charge in [0.25, 0.3) is 0 Å². The monoisotopic (exact) mass is 476 g/mol. The number of hydrogen-bond acceptors (Lipinski definition) is 4. The van der Waals surface area contributed by atoms with Crippen LogP contribution in [-0.4, -0.2) is 40.6 Å². The van der Waals surface area contributed by atoms with Crippen molar-refractivity contribution in [1.82, 2.24) is 25.2 Å². The molecule has 0 atom stereocenters. The van der Waals surface area contributed by atoms with Gasteiger partial charge in [0.05, 0.1) is 10.7 Å². The maximum atomic E-state index is 4.56. The number of thiazole rings is 1. The van der Waals surface area contributed by atoms with E-state index in [0.717, 1.165) is 56.4 Å². The predicted octanol–water partition coefficient (Wildman–Crippen LogP) is 3.07. The van der Waals surface area contributed by atoms with Gasteiger partial charge in [-0.25, -0.2) is 9.97 Å². The minimum Gasteiger partial charge on any atom is -0.356 e. The normalized spacial score (nSPS) is 11.3. The molecule has 140 valence electrons. The zero-order chi connectivity index (χ0) is 17.4. The Bertz CT molecular complexity index is 644. The number of nitrogens with one attached hydrogen (secondary N) is 2. The Morgan fingerprint density at radius 1 is 1.20 bits per heavy atom. The zero-order valence-electron chi connectivity index (χ0n) is 15.5. The molecular weight excluding hydrogens is 447 g/mol. The van der Waals surface area contributed by atoms with E-state index < -0.39 is 0 Å². The molecule has 0 unspecified atom stereocenters. The zero-order valence-corrected chi connectivity index (χ0v) is 18.6. The molecule has 0 spiro atoms. The van der Waals surface area contributed by atoms with Crippen LogP contribution >= 0.6 is 35.3 Å². The van der Waals surface area contributed by atoms with Crippen molar-refractivity contribution in [3.8, 4) is 0 Å². The van der Waals surface area contributed by atoms with Crippen LogP contribution in [0.3, 0.4) is 0 Å². The summed E-state index contributed by atoms with van der Waals surface area (Å²) in [6.07, 6.45) is 7.04. The third-order valence-electron chi connectivity index (χ3n) is 3.97. The number of halogens is 1. The molecule has 0 aliphatic heterocycles. The lowest BCUT2D eigenvalue weighted by Crippen LogP contribution is -2.38. The summed E-state index contributed by atoms with van der Waals surface area (Å²) < 4.78 is 2.19. The highest BCUT2D eigenvalue weighted by Crippen LogP contribution is 2.16. The number of rotatable bonds is 8. The minimum absolute atomic E-state index is 0. The van der Waals surface area contributed by atoms with Gasteiger partial charge in [-0.2, -0.15) is 0 Å². The lowest BCUT2D eigenvalue weighted by Gasteiger charge is -2.11. The van der Waals surface area contributed by atoms with E-state index >= 15 is 0 Å². The maximum Gasteiger partial charge on any atom is 0.190 e. The van der Waals surface area contributed by atoms with E-state index in [1.807, 2.05) is 26.4 Å². The predicted molar refractivity (Wildman–Crippen MR) is 116 cm³/mol. The highest BCUT2D eigenvalue weighted by Gasteiger charge is 2.04. The maximum absolute atomic E-state index is 4.56. The summed E-state index contributed by atoms with van der Waals surface area (Å²) in [5.41, 5.74) is 1.14. The summed E-state index contributed by atoms with van der Waals surface area (Å²) in [5, 5.41) is 7.90. The molecule has 0 aliphatic rings. The van der Waals surface area contributed by atoms with Crippen LogP contribution in [-0.2, 0) is 13.0 Å². The first-order valence-corrected chi connectivity index (χ1v) is 9.27. The van der Waals surface area contributed by atoms with Gasteiger partial charge < -0.3 is 15.2 Å². The van der Waals surface area contributed by atoms with Gasteiger partial charge in [-0.1, -0.05) is 0 Å². The largest absolute Gasteiger partial charge is 0.356 e. The van der Waals surface area contributed by atoms with E-state index in [4.69, 9.17) is 0 Å². The molecular formula is C17H29IN6S. The Hall–Kier alpha value is -1.16. The summed E-state index contributed by atoms with van der Waals surface area (Å²) in [5.74, 6) is 1.94. The first kappa shape index (κ1) is 21.9. The second-order valence-corrected chi connectivity index (χ2v) is 7.09. The quantitative estimate of drug-likeness (QED) is 0.266. The number of imidazole rings is 1. The van der Waals surface area contributed by atoms with E-state index in [9.17, 15) is 0 Å². The van der Waals surface area contributed by atoms with Gasteiger partial charge in [-0.05, 0) is 33.6 Å². The van der Waals surface area contributed by atoms with Crippen LogP contribution in [0.2, 0.25) is 0 Å². The summed E-state index contributed by atoms with van der Waals surface area (Å²) in [4.78, 5) is 14.4. The summed E-state index contributed by atoms with van der Waals surface area (Å²) in [7, 11) is 1.81. The smallest absolute Gasteiger partial charge is 0.190 e. The lowest BCUT2D eigenvalue weighted by atomic mass is 10.3. The molecule has 0 radical (unpaired) electrons. The molecule has 0 amide bonds. The van der Waals surface area contributed by atoms with Crippen molar-refractivity contribution in [1.29, 1.82) is 0 Å². The van der Waals surface area contributed by atoms with Gasteiger partial charge in [0.2, 0.25) is 0 Å². The Morgan fingerprint density at radius 3 is 2.56 bits per heavy atom. The molecule has 0 saturated carbocycles. The third-order valence-corrected chi connectivity index (χ3v) is 5.10. The number of guanidine groups is 1. The highest BCUT2D eigenvalue weighted by molar-refractivity contribution is 14.0. The van der Waals surface area contributed by atoms with E-state index in [1.165, 1.54) is 9.88 Å². The fraction of sp³-hybridized carbons (Fsp3) is 0.588. The molecule has 2 N–H and O–H groups in total. The fourth-order valence-corrected chi connectivity index (χ4v) is 3.34. The first-order chi connectivity index (χ1) is 11.6. The van der Waals surface area contributed by atoms with E-state index in [1.54, 1.807) is 11.3 Å². The number of hydrogen-bond donors (Lipinski definition) is 2. The van der Waals surface area contributed by atoms with Crippen molar-refractivity contribution in [2.45, 2.75) is 46.6 Å². The van der Waals surface area contributed by atoms with Gasteiger partial charge in [0.15, 0.2) is 5.96 Å². The Balaban J connectivity index is 0.00000312. The van der Waals surface area contributed by atoms with Crippen LogP contribution in [0, 0.1) is 20.8 Å². The average molecular weight is 476 g/mol. The molecule has 8 heteroatoms. The Labute approximate surface area is 171 Å². The van der Waals surface area contributed by atoms with Gasteiger partial charge in [0, 0.05) is 50.4 Å². The number of nitrogens with zero attached hydrogens (tertiary/aromatic N) is 4. The molecule has 0 aromatic carbocycles. The molecule has 0 bridgehead atoms. The van der Waals surface area contributed by atoms with Gasteiger partial charge >= 0.3 is 0 Å². The summed E-state index contributed by atoms with van der Waals surface area (Å²) in [6, 6.07) is 0. The van der Waals surface area contributed by atoms with E-state index in [0.29, 0.717) is 0 Å². The van der Waals surface area contributed by atoms with Crippen molar-refractivity contribution < 1.29 is 0 Å². The molecule has 2 heterocycles. The van der Waals surface area contributed by atoms with Crippen molar-refractivity contribution in [2.24, 2.45) is 4.99 Å². The molecule has 2 aromatic rings. The van der Waals surface area contributed by atoms with Gasteiger partial charge in [0.1, 0.15) is 5.82 Å². The highest BCUT2D eigenvalue weighted by atomic mass is 127. The van der Waals surface area contributed by atoms with E-state index in [2.05, 4.69) is 44.0 Å². The minimum atomic E-state index is 0. The molecule has 2 aromatic heterocycles. The third kappa shape index (κ3) is 7.31. The van der Waals surface area contributed by atoms with Crippen LogP contribution in [0.15, 0.2) is 17.4 Å². The van der Waals surface area contributed by atoms with Gasteiger partial charge in [-0.3, -0.25) is 4.99 Å². The van der Waals surface area contributed by atoms with Crippen LogP contribution in [0.25, 0.3) is 0 Å². The molecule has 0 saturated heterocycles. The standard InChI is InChI=1S/C17H28N6S.HI/c1-13-14(2)24-16(22-13)7-9-21-17(18-4)20-8-5-6-11-23-12-10-19-15(23)3;/h10,12H,5-9,11H2,1-4H3,(H2,18,20,21);1H. The number of aliphatic imine (C=N–C) groups is 1. The molecule has 2 rings (SSSR count). The molecule has 6 nitrogen and oxygen atoms in total. The van der Waals surface area contributed by atoms with Crippen molar-refractivity contribution in [3.05, 3.63) is 33.8 Å². The molecule has 0 fully saturated rings. The van der Waals surface area contributed by atoms with E-state index in [-0.39, 0.29) is 24.0 Å². The second kappa shape index (κ2) is 11.5.